The van der Waals surface area contributed by atoms with Gasteiger partial charge in [-0.25, -0.2) is 0 Å². The number of aldehydes is 1. The van der Waals surface area contributed by atoms with Crippen molar-refractivity contribution in [1.29, 1.82) is 0 Å². The molecule has 1 aliphatic heterocycles. The molecule has 0 amide bonds. The molecule has 0 saturated carbocycles. The maximum Gasteiger partial charge on any atom is 0.270 e. The Kier molecular flexibility index (Phi) is 9.99. The first-order chi connectivity index (χ1) is 22.6. The Morgan fingerprint density at radius 1 is 0.957 bits per heavy atom. The lowest BCUT2D eigenvalue weighted by Crippen LogP contribution is -2.34. The Labute approximate surface area is 275 Å². The molecule has 4 aromatic rings. The quantitative estimate of drug-likeness (QED) is 0.0833. The molecule has 0 saturated heterocycles. The molecule has 10 heteroatoms. The van der Waals surface area contributed by atoms with Gasteiger partial charge in [-0.15, -0.1) is 0 Å². The van der Waals surface area contributed by atoms with Crippen LogP contribution in [0, 0.1) is 24.0 Å². The number of aryl methyl sites for hydroxylation is 2. The second-order valence-corrected chi connectivity index (χ2v) is 11.6. The Morgan fingerprint density at radius 2 is 1.66 bits per heavy atom. The van der Waals surface area contributed by atoms with Crippen molar-refractivity contribution in [3.63, 3.8) is 0 Å². The van der Waals surface area contributed by atoms with E-state index in [9.17, 15) is 14.9 Å². The van der Waals surface area contributed by atoms with E-state index in [4.69, 9.17) is 14.2 Å². The van der Waals surface area contributed by atoms with E-state index in [1.807, 2.05) is 32.2 Å². The molecule has 0 bridgehead atoms. The summed E-state index contributed by atoms with van der Waals surface area (Å²) in [6, 6.07) is 18.6. The number of fused-ring (bicyclic) bond motifs is 1. The first-order valence-corrected chi connectivity index (χ1v) is 15.4. The number of methoxy groups -OCH3 is 1. The monoisotopic (exact) mass is 636 g/mol. The standard InChI is InChI=1S/C37H40N4O6/c1-7-27-11-24(3)35(17-32(27)38-4)46-21-25-12-26(14-29(13-25)41(43)44)22-47-37-18-33(28(20-42)15-36(37)45-6)39-19-30-16-31-23(2)9-8-10-34(31)40(30)5/h7-15,17-18,20,30,38-39H,1,16,19,21-22H2,2-6H3. The normalized spacial score (nSPS) is 13.5. The number of nitro groups is 1. The number of nitrogens with zero attached hydrogens (tertiary/aromatic N) is 2. The van der Waals surface area contributed by atoms with Crippen LogP contribution in [0.15, 0.2) is 67.2 Å². The fourth-order valence-electron chi connectivity index (χ4n) is 5.98. The number of benzene rings is 4. The van der Waals surface area contributed by atoms with E-state index in [-0.39, 0.29) is 24.9 Å². The Hall–Kier alpha value is -5.51. The summed E-state index contributed by atoms with van der Waals surface area (Å²) in [5.74, 6) is 1.44. The summed E-state index contributed by atoms with van der Waals surface area (Å²) >= 11 is 0. The highest BCUT2D eigenvalue weighted by Gasteiger charge is 2.27. The third-order valence-corrected chi connectivity index (χ3v) is 8.62. The fraction of sp³-hybridized carbons (Fsp3) is 0.270. The minimum Gasteiger partial charge on any atom is -0.493 e. The van der Waals surface area contributed by atoms with Crippen molar-refractivity contribution >= 4 is 35.1 Å². The van der Waals surface area contributed by atoms with E-state index >= 15 is 0 Å². The number of non-ortho nitro benzene ring substituents is 1. The largest absolute Gasteiger partial charge is 0.493 e. The van der Waals surface area contributed by atoms with Gasteiger partial charge in [0.05, 0.1) is 18.1 Å². The van der Waals surface area contributed by atoms with E-state index in [1.54, 1.807) is 18.2 Å². The highest BCUT2D eigenvalue weighted by atomic mass is 16.6. The summed E-state index contributed by atoms with van der Waals surface area (Å²) in [7, 11) is 5.41. The van der Waals surface area contributed by atoms with Crippen molar-refractivity contribution in [1.82, 2.24) is 0 Å². The third-order valence-electron chi connectivity index (χ3n) is 8.62. The average Bonchev–Trinajstić information content (AvgIpc) is 3.41. The van der Waals surface area contributed by atoms with E-state index < -0.39 is 4.92 Å². The molecule has 1 aliphatic rings. The van der Waals surface area contributed by atoms with Crippen molar-refractivity contribution in [2.45, 2.75) is 39.5 Å². The van der Waals surface area contributed by atoms with E-state index in [2.05, 4.69) is 54.3 Å². The van der Waals surface area contributed by atoms with Crippen molar-refractivity contribution in [2.24, 2.45) is 0 Å². The Morgan fingerprint density at radius 3 is 2.28 bits per heavy atom. The van der Waals surface area contributed by atoms with Gasteiger partial charge in [0.15, 0.2) is 17.8 Å². The topological polar surface area (TPSA) is 115 Å². The van der Waals surface area contributed by atoms with Gasteiger partial charge in [0.1, 0.15) is 19.0 Å². The molecule has 0 spiro atoms. The summed E-state index contributed by atoms with van der Waals surface area (Å²) < 4.78 is 17.8. The Bertz CT molecular complexity index is 1820. The molecular weight excluding hydrogens is 596 g/mol. The third kappa shape index (κ3) is 7.17. The van der Waals surface area contributed by atoms with E-state index in [0.29, 0.717) is 46.2 Å². The zero-order valence-electron chi connectivity index (χ0n) is 27.4. The Balaban J connectivity index is 1.33. The van der Waals surface area contributed by atoms with Crippen LogP contribution in [0.4, 0.5) is 22.7 Å². The van der Waals surface area contributed by atoms with Gasteiger partial charge in [-0.2, -0.15) is 0 Å². The number of carbonyl (C=O) groups excluding carboxylic acids is 1. The fourth-order valence-corrected chi connectivity index (χ4v) is 5.98. The van der Waals surface area contributed by atoms with Crippen LogP contribution in [0.1, 0.15) is 43.7 Å². The van der Waals surface area contributed by atoms with Crippen LogP contribution in [0.5, 0.6) is 17.2 Å². The molecular formula is C37H40N4O6. The van der Waals surface area contributed by atoms with E-state index in [1.165, 1.54) is 36.1 Å². The van der Waals surface area contributed by atoms with Gasteiger partial charge >= 0.3 is 0 Å². The van der Waals surface area contributed by atoms with Gasteiger partial charge in [0, 0.05) is 67.5 Å². The van der Waals surface area contributed by atoms with Crippen molar-refractivity contribution in [3.8, 4) is 17.2 Å². The van der Waals surface area contributed by atoms with E-state index in [0.717, 1.165) is 29.5 Å². The predicted molar refractivity (Wildman–Crippen MR) is 187 cm³/mol. The highest BCUT2D eigenvalue weighted by molar-refractivity contribution is 5.86. The number of ether oxygens (including phenoxy) is 3. The smallest absolute Gasteiger partial charge is 0.270 e. The summed E-state index contributed by atoms with van der Waals surface area (Å²) in [5, 5.41) is 18.4. The number of carbonyl (C=O) groups is 1. The average molecular weight is 637 g/mol. The maximum absolute atomic E-state index is 12.0. The number of hydrogen-bond acceptors (Lipinski definition) is 9. The lowest BCUT2D eigenvalue weighted by Gasteiger charge is -2.24. The number of likely N-dealkylation sites (N-methyl/N-ethyl adjacent to an activating group) is 1. The zero-order chi connectivity index (χ0) is 33.7. The van der Waals surface area contributed by atoms with Crippen LogP contribution in [0.3, 0.4) is 0 Å². The molecule has 0 aliphatic carbocycles. The van der Waals surface area contributed by atoms with Crippen molar-refractivity contribution in [3.05, 3.63) is 116 Å². The number of nitrogens with one attached hydrogen (secondary N) is 2. The minimum atomic E-state index is -0.433. The van der Waals surface area contributed by atoms with Crippen LogP contribution >= 0.6 is 0 Å². The zero-order valence-corrected chi connectivity index (χ0v) is 27.4. The number of anilines is 3. The molecule has 1 atom stereocenters. The van der Waals surface area contributed by atoms with Crippen LogP contribution in [0.25, 0.3) is 6.08 Å². The second-order valence-electron chi connectivity index (χ2n) is 11.6. The summed E-state index contributed by atoms with van der Waals surface area (Å²) in [4.78, 5) is 25.7. The van der Waals surface area contributed by atoms with Crippen LogP contribution < -0.4 is 29.7 Å². The predicted octanol–water partition coefficient (Wildman–Crippen LogP) is 7.35. The van der Waals surface area contributed by atoms with Gasteiger partial charge in [0.25, 0.3) is 5.69 Å². The molecule has 10 nitrogen and oxygen atoms in total. The summed E-state index contributed by atoms with van der Waals surface area (Å²) in [5.41, 5.74) is 8.76. The first kappa shape index (κ1) is 32.9. The van der Waals surface area contributed by atoms with Crippen molar-refractivity contribution < 1.29 is 23.9 Å². The molecule has 244 valence electrons. The molecule has 0 fully saturated rings. The van der Waals surface area contributed by atoms with Gasteiger partial charge in [0.2, 0.25) is 0 Å². The minimum absolute atomic E-state index is 0.0296. The van der Waals surface area contributed by atoms with Gasteiger partial charge in [-0.3, -0.25) is 14.9 Å². The summed E-state index contributed by atoms with van der Waals surface area (Å²) in [6.45, 7) is 8.68. The molecule has 1 unspecified atom stereocenters. The van der Waals surface area contributed by atoms with Crippen LogP contribution in [-0.2, 0) is 19.6 Å². The van der Waals surface area contributed by atoms with Crippen LogP contribution in [0.2, 0.25) is 0 Å². The molecule has 4 aromatic carbocycles. The first-order valence-electron chi connectivity index (χ1n) is 15.4. The molecule has 47 heavy (non-hydrogen) atoms. The SMILES string of the molecule is C=Cc1cc(C)c(OCc2cc(COc3cc(NCC4Cc5c(C)cccc5N4C)c(C=O)cc3OC)cc([N+](=O)[O-])c2)cc1NC. The molecule has 2 N–H and O–H groups in total. The van der Waals surface area contributed by atoms with Gasteiger partial charge < -0.3 is 29.7 Å². The van der Waals surface area contributed by atoms with Crippen LogP contribution in [-0.4, -0.2) is 45.0 Å². The van der Waals surface area contributed by atoms with Gasteiger partial charge in [-0.05, 0) is 77.9 Å². The number of rotatable bonds is 14. The molecule has 0 aromatic heterocycles. The van der Waals surface area contributed by atoms with Gasteiger partial charge in [-0.1, -0.05) is 24.8 Å². The number of nitro benzene ring substituents is 1. The molecule has 1 heterocycles. The number of hydrogen-bond donors (Lipinski definition) is 2. The lowest BCUT2D eigenvalue weighted by atomic mass is 10.0. The second kappa shape index (κ2) is 14.3. The highest BCUT2D eigenvalue weighted by Crippen LogP contribution is 2.36. The lowest BCUT2D eigenvalue weighted by molar-refractivity contribution is -0.385. The molecule has 0 radical (unpaired) electrons. The summed E-state index contributed by atoms with van der Waals surface area (Å²) in [6.07, 6.45) is 3.45. The van der Waals surface area contributed by atoms with Crippen molar-refractivity contribution in [2.75, 3.05) is 43.3 Å². The maximum atomic E-state index is 12.0. The molecule has 5 rings (SSSR count).